The quantitative estimate of drug-likeness (QED) is 0.157. The fourth-order valence-corrected chi connectivity index (χ4v) is 6.82. The number of ether oxygens (including phenoxy) is 2. The number of alkyl halides is 3. The second-order valence-electron chi connectivity index (χ2n) is 10.3. The highest BCUT2D eigenvalue weighted by molar-refractivity contribution is 7.88. The molecule has 1 fully saturated rings. The van der Waals surface area contributed by atoms with Gasteiger partial charge in [0.2, 0.25) is 0 Å². The third kappa shape index (κ3) is 6.37. The van der Waals surface area contributed by atoms with E-state index in [1.807, 2.05) is 0 Å². The van der Waals surface area contributed by atoms with E-state index >= 15 is 0 Å². The molecule has 0 N–H and O–H groups in total. The van der Waals surface area contributed by atoms with Crippen LogP contribution in [0.25, 0.3) is 0 Å². The number of methoxy groups -OCH3 is 1. The summed E-state index contributed by atoms with van der Waals surface area (Å²) in [5, 5.41) is 0. The van der Waals surface area contributed by atoms with Gasteiger partial charge in [-0.3, -0.25) is 4.79 Å². The molecule has 1 saturated carbocycles. The number of carbonyl (C=O) groups is 2. The topological polar surface area (TPSA) is 139 Å². The van der Waals surface area contributed by atoms with Gasteiger partial charge < -0.3 is 17.8 Å². The Morgan fingerprint density at radius 3 is 2.26 bits per heavy atom. The number of carbonyl (C=O) groups excluding carboxylic acids is 2. The number of hydrogen-bond acceptors (Lipinski definition) is 10. The maximum absolute atomic E-state index is 13.4. The Balaban J connectivity index is 1.92. The molecule has 2 aromatic carbocycles. The first kappa shape index (κ1) is 32.3. The van der Waals surface area contributed by atoms with Crippen molar-refractivity contribution in [2.24, 2.45) is 11.8 Å². The van der Waals surface area contributed by atoms with Gasteiger partial charge in [-0.2, -0.15) is 30.0 Å². The number of hydrogen-bond donors (Lipinski definition) is 0. The largest absolute Gasteiger partial charge is 0.534 e. The van der Waals surface area contributed by atoms with Gasteiger partial charge in [0.05, 0.1) is 13.0 Å². The van der Waals surface area contributed by atoms with Crippen molar-refractivity contribution in [2.75, 3.05) is 7.11 Å². The molecule has 15 heteroatoms. The average Bonchev–Trinajstić information content (AvgIpc) is 3.57. The van der Waals surface area contributed by atoms with Gasteiger partial charge in [0.25, 0.3) is 0 Å². The highest BCUT2D eigenvalue weighted by Gasteiger charge is 2.50. The van der Waals surface area contributed by atoms with E-state index in [-0.39, 0.29) is 27.5 Å². The summed E-state index contributed by atoms with van der Waals surface area (Å²) in [7, 11) is -9.67. The molecule has 2 aromatic rings. The van der Waals surface area contributed by atoms with Gasteiger partial charge in [-0.25, -0.2) is 4.79 Å². The van der Waals surface area contributed by atoms with Gasteiger partial charge in [0, 0.05) is 16.7 Å². The number of allylic oxidation sites excluding steroid dienone is 2. The van der Waals surface area contributed by atoms with Crippen LogP contribution in [0.15, 0.2) is 40.8 Å². The Kier molecular flexibility index (Phi) is 8.89. The van der Waals surface area contributed by atoms with E-state index in [0.717, 1.165) is 5.56 Å². The minimum atomic E-state index is -6.23. The van der Waals surface area contributed by atoms with Crippen molar-refractivity contribution in [3.8, 4) is 11.5 Å². The third-order valence-corrected chi connectivity index (χ3v) is 9.82. The van der Waals surface area contributed by atoms with Crippen LogP contribution in [0.5, 0.6) is 11.5 Å². The molecule has 10 nitrogen and oxygen atoms in total. The van der Waals surface area contributed by atoms with Crippen molar-refractivity contribution in [3.05, 3.63) is 63.7 Å². The first-order valence-corrected chi connectivity index (χ1v) is 15.9. The lowest BCUT2D eigenvalue weighted by Gasteiger charge is -2.21. The molecule has 2 unspecified atom stereocenters. The monoisotopic (exact) mass is 646 g/mol. The van der Waals surface area contributed by atoms with E-state index in [0.29, 0.717) is 24.8 Å². The summed E-state index contributed by atoms with van der Waals surface area (Å²) in [6.07, 6.45) is 2.95. The molecule has 1 heterocycles. The average molecular weight is 647 g/mol. The Morgan fingerprint density at radius 2 is 1.65 bits per heavy atom. The third-order valence-electron chi connectivity index (χ3n) is 7.63. The molecule has 0 spiro atoms. The minimum Gasteiger partial charge on any atom is -0.469 e. The predicted molar refractivity (Wildman–Crippen MR) is 145 cm³/mol. The summed E-state index contributed by atoms with van der Waals surface area (Å²) in [6, 6.07) is 5.45. The van der Waals surface area contributed by atoms with Crippen molar-refractivity contribution in [3.63, 3.8) is 0 Å². The number of rotatable bonds is 9. The van der Waals surface area contributed by atoms with Crippen molar-refractivity contribution in [2.45, 2.75) is 63.5 Å². The standard InChI is InChI=1S/C28H29F3O10S2/c1-15-8-11-18(12-9-15)42(34,35)40-25-21(13-10-16(2)19-6-5-7-20(19)26(32)38-4)24(41-43(36,37)28(29,30)31)17(3)22-14-39-27(33)23(22)25/h8-12,19-20H,5-7,13-14H2,1-4H3. The number of cyclic esters (lactones) is 1. The highest BCUT2D eigenvalue weighted by atomic mass is 32.2. The van der Waals surface area contributed by atoms with Crippen molar-refractivity contribution in [1.82, 2.24) is 0 Å². The first-order valence-electron chi connectivity index (χ1n) is 13.1. The van der Waals surface area contributed by atoms with Gasteiger partial charge in [0.15, 0.2) is 11.5 Å². The summed E-state index contributed by atoms with van der Waals surface area (Å²) in [5.41, 5.74) is -5.55. The molecule has 43 heavy (non-hydrogen) atoms. The zero-order valence-corrected chi connectivity index (χ0v) is 25.2. The molecule has 0 saturated heterocycles. The summed E-state index contributed by atoms with van der Waals surface area (Å²) in [6.45, 7) is 4.13. The minimum absolute atomic E-state index is 0.0857. The maximum atomic E-state index is 13.4. The van der Waals surface area contributed by atoms with Crippen molar-refractivity contribution >= 4 is 32.2 Å². The lowest BCUT2D eigenvalue weighted by molar-refractivity contribution is -0.146. The van der Waals surface area contributed by atoms with Crippen LogP contribution < -0.4 is 8.37 Å². The number of esters is 2. The highest BCUT2D eigenvalue weighted by Crippen LogP contribution is 2.46. The van der Waals surface area contributed by atoms with Crippen LogP contribution in [0.4, 0.5) is 13.2 Å². The van der Waals surface area contributed by atoms with Gasteiger partial charge in [-0.1, -0.05) is 35.8 Å². The summed E-state index contributed by atoms with van der Waals surface area (Å²) < 4.78 is 111. The Bertz CT molecular complexity index is 1690. The van der Waals surface area contributed by atoms with E-state index in [9.17, 15) is 39.6 Å². The number of aryl methyl sites for hydroxylation is 1. The molecule has 2 aliphatic rings. The summed E-state index contributed by atoms with van der Waals surface area (Å²) in [5.74, 6) is -3.77. The van der Waals surface area contributed by atoms with Gasteiger partial charge >= 0.3 is 37.7 Å². The maximum Gasteiger partial charge on any atom is 0.534 e. The zero-order chi connectivity index (χ0) is 31.9. The Hall–Kier alpha value is -3.59. The van der Waals surface area contributed by atoms with E-state index in [2.05, 4.69) is 4.18 Å². The fraction of sp³-hybridized carbons (Fsp3) is 0.429. The van der Waals surface area contributed by atoms with Crippen molar-refractivity contribution < 1.29 is 57.4 Å². The molecule has 2 atom stereocenters. The van der Waals surface area contributed by atoms with Crippen LogP contribution in [0.1, 0.15) is 58.8 Å². The Morgan fingerprint density at radius 1 is 1.02 bits per heavy atom. The molecular formula is C28H29F3O10S2. The second-order valence-corrected chi connectivity index (χ2v) is 13.4. The molecule has 0 bridgehead atoms. The molecule has 4 rings (SSSR count). The first-order chi connectivity index (χ1) is 20.0. The fourth-order valence-electron chi connectivity index (χ4n) is 5.31. The molecule has 234 valence electrons. The van der Waals surface area contributed by atoms with Crippen molar-refractivity contribution in [1.29, 1.82) is 0 Å². The lowest BCUT2D eigenvalue weighted by atomic mass is 9.88. The van der Waals surface area contributed by atoms with Crippen LogP contribution >= 0.6 is 0 Å². The van der Waals surface area contributed by atoms with Crippen LogP contribution in [0.3, 0.4) is 0 Å². The second kappa shape index (κ2) is 11.8. The van der Waals surface area contributed by atoms with E-state index in [1.54, 1.807) is 13.8 Å². The molecule has 1 aliphatic heterocycles. The van der Waals surface area contributed by atoms with Gasteiger partial charge in [-0.15, -0.1) is 0 Å². The van der Waals surface area contributed by atoms with E-state index in [1.165, 1.54) is 44.4 Å². The number of benzene rings is 2. The van der Waals surface area contributed by atoms with Crippen LogP contribution in [-0.4, -0.2) is 41.4 Å². The van der Waals surface area contributed by atoms with E-state index < -0.39 is 73.7 Å². The molecule has 0 radical (unpaired) electrons. The lowest BCUT2D eigenvalue weighted by Crippen LogP contribution is -2.29. The molecule has 0 amide bonds. The van der Waals surface area contributed by atoms with Crippen LogP contribution in [-0.2, 0) is 47.5 Å². The molecular weight excluding hydrogens is 617 g/mol. The van der Waals surface area contributed by atoms with Crippen LogP contribution in [0.2, 0.25) is 0 Å². The smallest absolute Gasteiger partial charge is 0.469 e. The van der Waals surface area contributed by atoms with Gasteiger partial charge in [0.1, 0.15) is 17.1 Å². The normalized spacial score (nSPS) is 19.1. The summed E-state index contributed by atoms with van der Waals surface area (Å²) >= 11 is 0. The number of halogens is 3. The number of fused-ring (bicyclic) bond motifs is 1. The van der Waals surface area contributed by atoms with Gasteiger partial charge in [-0.05, 0) is 58.1 Å². The molecule has 0 aromatic heterocycles. The SMILES string of the molecule is COC(=O)C1CCCC1C(C)=CCc1c(OS(=O)(=O)C(F)(F)F)c(C)c2c(c1OS(=O)(=O)c1ccc(C)cc1)C(=O)OC2. The molecule has 1 aliphatic carbocycles. The zero-order valence-electron chi connectivity index (χ0n) is 23.6. The summed E-state index contributed by atoms with van der Waals surface area (Å²) in [4.78, 5) is 24.8. The van der Waals surface area contributed by atoms with E-state index in [4.69, 9.17) is 13.7 Å². The van der Waals surface area contributed by atoms with Crippen LogP contribution in [0, 0.1) is 25.7 Å². The Labute approximate surface area is 247 Å². The predicted octanol–water partition coefficient (Wildman–Crippen LogP) is 5.05.